The Hall–Kier alpha value is -0.0900. The molecule has 1 saturated carbocycles. The molecular formula is C17H35NO2S. The molecule has 1 N–H and O–H groups in total. The molecule has 0 aromatic heterocycles. The molecule has 126 valence electrons. The highest BCUT2D eigenvalue weighted by molar-refractivity contribution is 7.90. The van der Waals surface area contributed by atoms with Crippen molar-refractivity contribution in [3.63, 3.8) is 0 Å². The third-order valence-corrected chi connectivity index (χ3v) is 5.91. The second kappa shape index (κ2) is 9.14. The molecule has 0 amide bonds. The van der Waals surface area contributed by atoms with Crippen molar-refractivity contribution in [2.24, 2.45) is 23.7 Å². The van der Waals surface area contributed by atoms with E-state index in [4.69, 9.17) is 0 Å². The average Bonchev–Trinajstić information content (AvgIpc) is 2.38. The Bertz CT molecular complexity index is 378. The largest absolute Gasteiger partial charge is 0.316 e. The van der Waals surface area contributed by atoms with Crippen molar-refractivity contribution in [2.45, 2.75) is 59.3 Å². The van der Waals surface area contributed by atoms with Crippen molar-refractivity contribution in [2.75, 3.05) is 25.1 Å². The van der Waals surface area contributed by atoms with Gasteiger partial charge in [-0.1, -0.05) is 33.6 Å². The van der Waals surface area contributed by atoms with E-state index in [1.165, 1.54) is 31.9 Å². The van der Waals surface area contributed by atoms with E-state index in [0.29, 0.717) is 17.6 Å². The van der Waals surface area contributed by atoms with Crippen LogP contribution in [-0.4, -0.2) is 33.5 Å². The lowest BCUT2D eigenvalue weighted by Gasteiger charge is -2.36. The summed E-state index contributed by atoms with van der Waals surface area (Å²) in [4.78, 5) is 0. The Morgan fingerprint density at radius 2 is 1.90 bits per heavy atom. The van der Waals surface area contributed by atoms with Gasteiger partial charge in [0.05, 0.1) is 0 Å². The molecule has 21 heavy (non-hydrogen) atoms. The summed E-state index contributed by atoms with van der Waals surface area (Å²) in [6.45, 7) is 8.96. The van der Waals surface area contributed by atoms with Crippen molar-refractivity contribution < 1.29 is 8.42 Å². The first-order valence-corrected chi connectivity index (χ1v) is 10.8. The maximum Gasteiger partial charge on any atom is 0.147 e. The third-order valence-electron chi connectivity index (χ3n) is 4.87. The molecule has 1 aliphatic rings. The van der Waals surface area contributed by atoms with Crippen LogP contribution in [0.5, 0.6) is 0 Å². The Labute approximate surface area is 132 Å². The van der Waals surface area contributed by atoms with E-state index in [0.717, 1.165) is 37.8 Å². The molecule has 0 heterocycles. The summed E-state index contributed by atoms with van der Waals surface area (Å²) >= 11 is 0. The van der Waals surface area contributed by atoms with Gasteiger partial charge in [0.1, 0.15) is 9.84 Å². The van der Waals surface area contributed by atoms with Crippen LogP contribution in [-0.2, 0) is 9.84 Å². The summed E-state index contributed by atoms with van der Waals surface area (Å²) in [5, 5.41) is 3.61. The normalized spacial score (nSPS) is 27.2. The Morgan fingerprint density at radius 3 is 2.48 bits per heavy atom. The molecule has 1 fully saturated rings. The molecule has 0 radical (unpaired) electrons. The van der Waals surface area contributed by atoms with E-state index in [2.05, 4.69) is 26.1 Å². The minimum Gasteiger partial charge on any atom is -0.316 e. The number of hydrogen-bond donors (Lipinski definition) is 1. The molecule has 4 heteroatoms. The van der Waals surface area contributed by atoms with Crippen LogP contribution in [0.1, 0.15) is 59.3 Å². The first-order chi connectivity index (χ1) is 9.81. The first kappa shape index (κ1) is 19.0. The summed E-state index contributed by atoms with van der Waals surface area (Å²) in [7, 11) is -2.81. The van der Waals surface area contributed by atoms with Gasteiger partial charge in [-0.05, 0) is 62.4 Å². The number of hydrogen-bond acceptors (Lipinski definition) is 3. The standard InChI is InChI=1S/C17H35NO2S/c1-5-15-8-9-17(13-18-12-14(2)3)16(11-15)7-6-10-21(4,19)20/h14-18H,5-13H2,1-4H3. The van der Waals surface area contributed by atoms with Crippen LogP contribution in [0.25, 0.3) is 0 Å². The molecule has 0 spiro atoms. The van der Waals surface area contributed by atoms with Gasteiger partial charge in [0, 0.05) is 12.0 Å². The van der Waals surface area contributed by atoms with Gasteiger partial charge in [-0.2, -0.15) is 0 Å². The van der Waals surface area contributed by atoms with Crippen LogP contribution in [0.15, 0.2) is 0 Å². The van der Waals surface area contributed by atoms with Gasteiger partial charge in [0.15, 0.2) is 0 Å². The lowest BCUT2D eigenvalue weighted by atomic mass is 9.71. The van der Waals surface area contributed by atoms with Gasteiger partial charge < -0.3 is 5.32 Å². The van der Waals surface area contributed by atoms with Crippen LogP contribution < -0.4 is 5.32 Å². The maximum atomic E-state index is 11.3. The number of nitrogens with one attached hydrogen (secondary N) is 1. The van der Waals surface area contributed by atoms with Gasteiger partial charge in [-0.15, -0.1) is 0 Å². The Kier molecular flexibility index (Phi) is 8.25. The van der Waals surface area contributed by atoms with Crippen LogP contribution in [0.3, 0.4) is 0 Å². The van der Waals surface area contributed by atoms with Crippen molar-refractivity contribution in [1.82, 2.24) is 5.32 Å². The monoisotopic (exact) mass is 317 g/mol. The van der Waals surface area contributed by atoms with E-state index in [1.54, 1.807) is 0 Å². The average molecular weight is 318 g/mol. The highest BCUT2D eigenvalue weighted by atomic mass is 32.2. The van der Waals surface area contributed by atoms with Gasteiger partial charge in [-0.25, -0.2) is 8.42 Å². The number of rotatable bonds is 9. The van der Waals surface area contributed by atoms with Crippen molar-refractivity contribution in [1.29, 1.82) is 0 Å². The molecule has 0 bridgehead atoms. The molecule has 0 aromatic rings. The smallest absolute Gasteiger partial charge is 0.147 e. The third kappa shape index (κ3) is 8.20. The molecule has 0 aromatic carbocycles. The van der Waals surface area contributed by atoms with Crippen LogP contribution in [0, 0.1) is 23.7 Å². The zero-order valence-electron chi connectivity index (χ0n) is 14.4. The zero-order chi connectivity index (χ0) is 15.9. The van der Waals surface area contributed by atoms with Crippen molar-refractivity contribution in [3.8, 4) is 0 Å². The molecule has 1 rings (SSSR count). The van der Waals surface area contributed by atoms with E-state index < -0.39 is 9.84 Å². The van der Waals surface area contributed by atoms with Crippen LogP contribution in [0.2, 0.25) is 0 Å². The van der Waals surface area contributed by atoms with Gasteiger partial charge in [-0.3, -0.25) is 0 Å². The molecule has 0 aliphatic heterocycles. The van der Waals surface area contributed by atoms with Crippen molar-refractivity contribution >= 4 is 9.84 Å². The maximum absolute atomic E-state index is 11.3. The fourth-order valence-electron chi connectivity index (χ4n) is 3.58. The molecule has 3 atom stereocenters. The van der Waals surface area contributed by atoms with E-state index >= 15 is 0 Å². The number of sulfone groups is 1. The van der Waals surface area contributed by atoms with E-state index in [9.17, 15) is 8.42 Å². The summed E-state index contributed by atoms with van der Waals surface area (Å²) in [5.41, 5.74) is 0. The molecule has 3 nitrogen and oxygen atoms in total. The van der Waals surface area contributed by atoms with Gasteiger partial charge in [0.25, 0.3) is 0 Å². The lowest BCUT2D eigenvalue weighted by Crippen LogP contribution is -2.34. The molecule has 3 unspecified atom stereocenters. The first-order valence-electron chi connectivity index (χ1n) is 8.70. The Balaban J connectivity index is 2.45. The summed E-state index contributed by atoms with van der Waals surface area (Å²) in [6, 6.07) is 0. The minimum atomic E-state index is -2.81. The topological polar surface area (TPSA) is 46.2 Å². The quantitative estimate of drug-likeness (QED) is 0.708. The van der Waals surface area contributed by atoms with Crippen LogP contribution >= 0.6 is 0 Å². The fourth-order valence-corrected chi connectivity index (χ4v) is 4.27. The van der Waals surface area contributed by atoms with Gasteiger partial charge in [0.2, 0.25) is 0 Å². The summed E-state index contributed by atoms with van der Waals surface area (Å²) in [6.07, 6.45) is 8.51. The second-order valence-corrected chi connectivity index (χ2v) is 9.69. The molecular weight excluding hydrogens is 282 g/mol. The predicted molar refractivity (Wildman–Crippen MR) is 91.3 cm³/mol. The summed E-state index contributed by atoms with van der Waals surface area (Å²) in [5.74, 6) is 3.36. The molecule has 1 aliphatic carbocycles. The van der Waals surface area contributed by atoms with Crippen molar-refractivity contribution in [3.05, 3.63) is 0 Å². The molecule has 0 saturated heterocycles. The predicted octanol–water partition coefficient (Wildman–Crippen LogP) is 3.50. The highest BCUT2D eigenvalue weighted by Gasteiger charge is 2.29. The minimum absolute atomic E-state index is 0.354. The van der Waals surface area contributed by atoms with Crippen LogP contribution in [0.4, 0.5) is 0 Å². The van der Waals surface area contributed by atoms with E-state index in [1.807, 2.05) is 0 Å². The highest BCUT2D eigenvalue weighted by Crippen LogP contribution is 2.37. The fraction of sp³-hybridized carbons (Fsp3) is 1.00. The Morgan fingerprint density at radius 1 is 1.19 bits per heavy atom. The lowest BCUT2D eigenvalue weighted by molar-refractivity contribution is 0.161. The zero-order valence-corrected chi connectivity index (χ0v) is 15.2. The SMILES string of the molecule is CCC1CCC(CNCC(C)C)C(CCCS(C)(=O)=O)C1. The van der Waals surface area contributed by atoms with E-state index in [-0.39, 0.29) is 0 Å². The second-order valence-electron chi connectivity index (χ2n) is 7.43. The summed E-state index contributed by atoms with van der Waals surface area (Å²) < 4.78 is 22.6. The van der Waals surface area contributed by atoms with Gasteiger partial charge >= 0.3 is 0 Å².